The number of hydrogen-bond acceptors (Lipinski definition) is 7. The molecule has 1 aliphatic heterocycles. The summed E-state index contributed by atoms with van der Waals surface area (Å²) in [6, 6.07) is 6.81. The standard InChI is InChI=1S/C19H28N2O6/c22-12-14-17(24)18(25)15(23)11-20(14)9-5-1-2-6-10-21-13-7-3-4-8-16(13)27-19(21)26/h3-4,7-8,14-15,17-18,22-25H,1-2,5-6,9-12H2/t14-,15+,17-,18-/m1/s1. The number of aliphatic hydroxyl groups excluding tert-OH is 4. The summed E-state index contributed by atoms with van der Waals surface area (Å²) in [6.07, 6.45) is 0.153. The molecule has 2 aromatic rings. The molecule has 1 fully saturated rings. The summed E-state index contributed by atoms with van der Waals surface area (Å²) in [5.74, 6) is -0.336. The van der Waals surface area contributed by atoms with Crippen molar-refractivity contribution in [1.29, 1.82) is 0 Å². The molecule has 0 saturated carbocycles. The van der Waals surface area contributed by atoms with E-state index in [1.807, 2.05) is 23.1 Å². The Morgan fingerprint density at radius 3 is 2.44 bits per heavy atom. The van der Waals surface area contributed by atoms with Gasteiger partial charge in [-0.15, -0.1) is 0 Å². The SMILES string of the molecule is O=c1oc2ccccc2n1CCCCCCN1C[C@H](O)[C@@H](O)[C@H](O)[C@H]1CO. The molecule has 4 N–H and O–H groups in total. The number of oxazole rings is 1. The van der Waals surface area contributed by atoms with Crippen LogP contribution in [0.2, 0.25) is 0 Å². The van der Waals surface area contributed by atoms with Crippen LogP contribution in [0.3, 0.4) is 0 Å². The van der Waals surface area contributed by atoms with E-state index in [-0.39, 0.29) is 18.9 Å². The fourth-order valence-corrected chi connectivity index (χ4v) is 3.80. The second-order valence-electron chi connectivity index (χ2n) is 7.19. The Balaban J connectivity index is 1.43. The third-order valence-corrected chi connectivity index (χ3v) is 5.37. The first-order valence-electron chi connectivity index (χ1n) is 9.50. The zero-order chi connectivity index (χ0) is 19.4. The molecule has 1 aliphatic rings. The average molecular weight is 380 g/mol. The Kier molecular flexibility index (Phi) is 6.67. The molecule has 0 aliphatic carbocycles. The summed E-state index contributed by atoms with van der Waals surface area (Å²) in [4.78, 5) is 13.7. The van der Waals surface area contributed by atoms with Gasteiger partial charge in [0, 0.05) is 13.1 Å². The van der Waals surface area contributed by atoms with E-state index in [4.69, 9.17) is 4.42 Å². The number of nitrogens with zero attached hydrogens (tertiary/aromatic N) is 2. The van der Waals surface area contributed by atoms with E-state index in [0.29, 0.717) is 18.7 Å². The Labute approximate surface area is 157 Å². The zero-order valence-electron chi connectivity index (χ0n) is 15.3. The van der Waals surface area contributed by atoms with Gasteiger partial charge in [0.2, 0.25) is 0 Å². The molecule has 0 spiro atoms. The van der Waals surface area contributed by atoms with Crippen LogP contribution in [0.5, 0.6) is 0 Å². The van der Waals surface area contributed by atoms with E-state index in [9.17, 15) is 25.2 Å². The maximum absolute atomic E-state index is 11.9. The van der Waals surface area contributed by atoms with E-state index in [1.54, 1.807) is 10.6 Å². The molecule has 27 heavy (non-hydrogen) atoms. The number of unbranched alkanes of at least 4 members (excludes halogenated alkanes) is 3. The van der Waals surface area contributed by atoms with Crippen LogP contribution in [0.25, 0.3) is 11.1 Å². The van der Waals surface area contributed by atoms with Gasteiger partial charge in [0.15, 0.2) is 5.58 Å². The number of rotatable bonds is 8. The predicted octanol–water partition coefficient (Wildman–Crippen LogP) is -0.0859. The van der Waals surface area contributed by atoms with Crippen LogP contribution in [0.1, 0.15) is 25.7 Å². The Bertz CT molecular complexity index is 788. The lowest BCUT2D eigenvalue weighted by Gasteiger charge is -2.43. The molecule has 4 atom stereocenters. The van der Waals surface area contributed by atoms with Crippen molar-refractivity contribution in [2.45, 2.75) is 56.6 Å². The van der Waals surface area contributed by atoms with Crippen molar-refractivity contribution >= 4 is 11.1 Å². The first-order valence-corrected chi connectivity index (χ1v) is 9.50. The number of aryl methyl sites for hydroxylation is 1. The lowest BCUT2D eigenvalue weighted by Crippen LogP contribution is -2.62. The van der Waals surface area contributed by atoms with Crippen molar-refractivity contribution in [3.8, 4) is 0 Å². The van der Waals surface area contributed by atoms with Gasteiger partial charge in [0.05, 0.1) is 24.3 Å². The second kappa shape index (κ2) is 8.99. The Morgan fingerprint density at radius 2 is 1.70 bits per heavy atom. The van der Waals surface area contributed by atoms with Gasteiger partial charge in [0.25, 0.3) is 0 Å². The van der Waals surface area contributed by atoms with Gasteiger partial charge in [-0.3, -0.25) is 9.47 Å². The molecule has 8 nitrogen and oxygen atoms in total. The van der Waals surface area contributed by atoms with E-state index in [0.717, 1.165) is 31.2 Å². The largest absolute Gasteiger partial charge is 0.419 e. The molecule has 150 valence electrons. The highest BCUT2D eigenvalue weighted by molar-refractivity contribution is 5.72. The van der Waals surface area contributed by atoms with Gasteiger partial charge in [-0.1, -0.05) is 25.0 Å². The third kappa shape index (κ3) is 4.41. The molecule has 1 aromatic carbocycles. The van der Waals surface area contributed by atoms with Crippen LogP contribution in [0.4, 0.5) is 0 Å². The topological polar surface area (TPSA) is 119 Å². The highest BCUT2D eigenvalue weighted by Crippen LogP contribution is 2.20. The number of hydrogen-bond donors (Lipinski definition) is 4. The number of β-amino-alcohol motifs (C(OH)–C–C–N with tert-alkyl or cyclic N) is 1. The summed E-state index contributed by atoms with van der Waals surface area (Å²) >= 11 is 0. The van der Waals surface area contributed by atoms with Gasteiger partial charge < -0.3 is 24.8 Å². The maximum atomic E-state index is 11.9. The zero-order valence-corrected chi connectivity index (χ0v) is 15.3. The van der Waals surface area contributed by atoms with Gasteiger partial charge in [-0.05, 0) is 31.5 Å². The highest BCUT2D eigenvalue weighted by atomic mass is 16.4. The lowest BCUT2D eigenvalue weighted by atomic mass is 9.94. The van der Waals surface area contributed by atoms with Gasteiger partial charge in [-0.2, -0.15) is 0 Å². The molecule has 0 amide bonds. The van der Waals surface area contributed by atoms with Crippen molar-refractivity contribution in [2.24, 2.45) is 0 Å². The minimum atomic E-state index is -1.22. The van der Waals surface area contributed by atoms with Crippen molar-refractivity contribution in [1.82, 2.24) is 9.47 Å². The summed E-state index contributed by atoms with van der Waals surface area (Å²) < 4.78 is 6.87. The first kappa shape index (κ1) is 20.0. The van der Waals surface area contributed by atoms with Crippen LogP contribution < -0.4 is 5.76 Å². The van der Waals surface area contributed by atoms with Crippen LogP contribution in [-0.4, -0.2) is 73.9 Å². The normalized spacial score (nSPS) is 26.7. The number of likely N-dealkylation sites (tertiary alicyclic amines) is 1. The van der Waals surface area contributed by atoms with E-state index >= 15 is 0 Å². The maximum Gasteiger partial charge on any atom is 0.419 e. The average Bonchev–Trinajstić information content (AvgIpc) is 2.98. The number of aliphatic hydroxyl groups is 4. The molecule has 8 heteroatoms. The molecule has 0 bridgehead atoms. The molecule has 3 rings (SSSR count). The van der Waals surface area contributed by atoms with Crippen molar-refractivity contribution in [3.05, 3.63) is 34.8 Å². The van der Waals surface area contributed by atoms with Crippen LogP contribution in [0.15, 0.2) is 33.5 Å². The fraction of sp³-hybridized carbons (Fsp3) is 0.632. The minimum Gasteiger partial charge on any atom is -0.408 e. The third-order valence-electron chi connectivity index (χ3n) is 5.37. The number of fused-ring (bicyclic) bond motifs is 1. The smallest absolute Gasteiger partial charge is 0.408 e. The highest BCUT2D eigenvalue weighted by Gasteiger charge is 2.40. The second-order valence-corrected chi connectivity index (χ2v) is 7.19. The van der Waals surface area contributed by atoms with E-state index < -0.39 is 24.4 Å². The molecule has 0 unspecified atom stereocenters. The number of piperidine rings is 1. The fourth-order valence-electron chi connectivity index (χ4n) is 3.80. The number of aromatic nitrogens is 1. The summed E-state index contributed by atoms with van der Waals surface area (Å²) in [6.45, 7) is 1.20. The van der Waals surface area contributed by atoms with Crippen molar-refractivity contribution in [2.75, 3.05) is 19.7 Å². The van der Waals surface area contributed by atoms with Crippen molar-refractivity contribution in [3.63, 3.8) is 0 Å². The summed E-state index contributed by atoms with van der Waals surface area (Å²) in [5.41, 5.74) is 1.41. The van der Waals surface area contributed by atoms with Gasteiger partial charge >= 0.3 is 5.76 Å². The van der Waals surface area contributed by atoms with Crippen molar-refractivity contribution < 1.29 is 24.8 Å². The lowest BCUT2D eigenvalue weighted by molar-refractivity contribution is -0.145. The van der Waals surface area contributed by atoms with Gasteiger partial charge in [-0.25, -0.2) is 4.79 Å². The number of benzene rings is 1. The molecule has 0 radical (unpaired) electrons. The van der Waals surface area contributed by atoms with E-state index in [2.05, 4.69) is 0 Å². The molecular weight excluding hydrogens is 352 g/mol. The summed E-state index contributed by atoms with van der Waals surface area (Å²) in [5, 5.41) is 39.0. The monoisotopic (exact) mass is 380 g/mol. The quantitative estimate of drug-likeness (QED) is 0.473. The van der Waals surface area contributed by atoms with Crippen LogP contribution in [0, 0.1) is 0 Å². The van der Waals surface area contributed by atoms with E-state index in [1.165, 1.54) is 0 Å². The number of para-hydroxylation sites is 2. The molecule has 1 saturated heterocycles. The molecular formula is C19H28N2O6. The Morgan fingerprint density at radius 1 is 1.00 bits per heavy atom. The predicted molar refractivity (Wildman–Crippen MR) is 99.4 cm³/mol. The molecule has 1 aromatic heterocycles. The first-order chi connectivity index (χ1) is 13.0. The van der Waals surface area contributed by atoms with Crippen LogP contribution >= 0.6 is 0 Å². The summed E-state index contributed by atoms with van der Waals surface area (Å²) in [7, 11) is 0. The van der Waals surface area contributed by atoms with Gasteiger partial charge in [0.1, 0.15) is 12.2 Å². The molecule has 2 heterocycles. The Hall–Kier alpha value is -1.71. The minimum absolute atomic E-state index is 0.236. The van der Waals surface area contributed by atoms with Crippen LogP contribution in [-0.2, 0) is 6.54 Å².